The van der Waals surface area contributed by atoms with E-state index in [1.54, 1.807) is 13.4 Å². The van der Waals surface area contributed by atoms with E-state index < -0.39 is 0 Å². The van der Waals surface area contributed by atoms with Gasteiger partial charge in [0.15, 0.2) is 5.16 Å². The second-order valence-corrected chi connectivity index (χ2v) is 7.98. The molecule has 0 fully saturated rings. The largest absolute Gasteiger partial charge is 0.497 e. The number of carbonyl (C=O) groups excluding carboxylic acids is 1. The molecule has 2 heterocycles. The predicted octanol–water partition coefficient (Wildman–Crippen LogP) is 3.74. The van der Waals surface area contributed by atoms with Crippen LogP contribution in [0.25, 0.3) is 5.69 Å². The van der Waals surface area contributed by atoms with Gasteiger partial charge in [0.1, 0.15) is 12.1 Å². The highest BCUT2D eigenvalue weighted by Gasteiger charge is 2.27. The third kappa shape index (κ3) is 3.62. The monoisotopic (exact) mass is 394 g/mol. The summed E-state index contributed by atoms with van der Waals surface area (Å²) in [5.41, 5.74) is 3.16. The maximum Gasteiger partial charge on any atom is 0.240 e. The van der Waals surface area contributed by atoms with Crippen molar-refractivity contribution in [3.05, 3.63) is 60.4 Å². The molecule has 1 aliphatic heterocycles. The van der Waals surface area contributed by atoms with Gasteiger partial charge in [0.2, 0.25) is 5.91 Å². The SMILES string of the molecule is COc1cccc(-n2cnnc2S[C@@H](C)C(=O)N2CCCc3ccccc32)c1. The fraction of sp³-hybridized carbons (Fsp3) is 0.286. The number of para-hydroxylation sites is 1. The van der Waals surface area contributed by atoms with Gasteiger partial charge >= 0.3 is 0 Å². The molecule has 1 aromatic heterocycles. The minimum Gasteiger partial charge on any atom is -0.497 e. The molecule has 0 saturated carbocycles. The van der Waals surface area contributed by atoms with E-state index in [1.165, 1.54) is 17.3 Å². The van der Waals surface area contributed by atoms with Crippen LogP contribution in [0, 0.1) is 0 Å². The van der Waals surface area contributed by atoms with E-state index in [1.807, 2.05) is 58.9 Å². The molecular formula is C21H22N4O2S. The predicted molar refractivity (Wildman–Crippen MR) is 110 cm³/mol. The normalized spacial score (nSPS) is 14.4. The van der Waals surface area contributed by atoms with Crippen molar-refractivity contribution < 1.29 is 9.53 Å². The first-order valence-electron chi connectivity index (χ1n) is 9.28. The Kier molecular flexibility index (Phi) is 5.34. The van der Waals surface area contributed by atoms with Crippen LogP contribution in [0.3, 0.4) is 0 Å². The van der Waals surface area contributed by atoms with Crippen molar-refractivity contribution in [1.29, 1.82) is 0 Å². The number of carbonyl (C=O) groups is 1. The van der Waals surface area contributed by atoms with Crippen LogP contribution in [0.5, 0.6) is 5.75 Å². The summed E-state index contributed by atoms with van der Waals surface area (Å²) in [4.78, 5) is 15.1. The maximum absolute atomic E-state index is 13.2. The highest BCUT2D eigenvalue weighted by atomic mass is 32.2. The molecule has 0 N–H and O–H groups in total. The number of thioether (sulfide) groups is 1. The number of ether oxygens (including phenoxy) is 1. The van der Waals surface area contributed by atoms with E-state index in [9.17, 15) is 4.79 Å². The van der Waals surface area contributed by atoms with Crippen LogP contribution < -0.4 is 9.64 Å². The molecule has 3 aromatic rings. The minimum absolute atomic E-state index is 0.0948. The van der Waals surface area contributed by atoms with Crippen molar-refractivity contribution in [1.82, 2.24) is 14.8 Å². The summed E-state index contributed by atoms with van der Waals surface area (Å²) in [6.07, 6.45) is 3.66. The van der Waals surface area contributed by atoms with Crippen molar-refractivity contribution in [2.75, 3.05) is 18.6 Å². The molecule has 0 bridgehead atoms. The Bertz CT molecular complexity index is 988. The number of aromatic nitrogens is 3. The highest BCUT2D eigenvalue weighted by Crippen LogP contribution is 2.31. The Hall–Kier alpha value is -2.80. The zero-order chi connectivity index (χ0) is 19.5. The van der Waals surface area contributed by atoms with Crippen molar-refractivity contribution in [3.8, 4) is 11.4 Å². The Balaban J connectivity index is 1.54. The van der Waals surface area contributed by atoms with E-state index in [0.29, 0.717) is 5.16 Å². The van der Waals surface area contributed by atoms with Gasteiger partial charge in [-0.2, -0.15) is 0 Å². The summed E-state index contributed by atoms with van der Waals surface area (Å²) in [5, 5.41) is 8.67. The first-order chi connectivity index (χ1) is 13.7. The quantitative estimate of drug-likeness (QED) is 0.617. The lowest BCUT2D eigenvalue weighted by Gasteiger charge is -2.31. The number of hydrogen-bond donors (Lipinski definition) is 0. The molecule has 1 aliphatic rings. The second-order valence-electron chi connectivity index (χ2n) is 6.67. The van der Waals surface area contributed by atoms with Crippen molar-refractivity contribution >= 4 is 23.4 Å². The Morgan fingerprint density at radius 1 is 1.21 bits per heavy atom. The van der Waals surface area contributed by atoms with Gasteiger partial charge in [0.05, 0.1) is 18.0 Å². The molecular weight excluding hydrogens is 372 g/mol. The summed E-state index contributed by atoms with van der Waals surface area (Å²) in [6.45, 7) is 2.68. The average molecular weight is 395 g/mol. The number of anilines is 1. The van der Waals surface area contributed by atoms with E-state index >= 15 is 0 Å². The number of methoxy groups -OCH3 is 1. The van der Waals surface area contributed by atoms with Crippen molar-refractivity contribution in [2.24, 2.45) is 0 Å². The van der Waals surface area contributed by atoms with Crippen LogP contribution >= 0.6 is 11.8 Å². The van der Waals surface area contributed by atoms with Crippen LogP contribution in [0.1, 0.15) is 18.9 Å². The molecule has 6 nitrogen and oxygen atoms in total. The lowest BCUT2D eigenvalue weighted by atomic mass is 10.0. The average Bonchev–Trinajstić information content (AvgIpc) is 3.21. The molecule has 1 amide bonds. The zero-order valence-corrected chi connectivity index (χ0v) is 16.7. The summed E-state index contributed by atoms with van der Waals surface area (Å²) < 4.78 is 7.18. The van der Waals surface area contributed by atoms with E-state index in [2.05, 4.69) is 16.3 Å². The minimum atomic E-state index is -0.278. The third-order valence-corrected chi connectivity index (χ3v) is 5.90. The summed E-state index contributed by atoms with van der Waals surface area (Å²) in [7, 11) is 1.64. The Morgan fingerprint density at radius 3 is 2.93 bits per heavy atom. The van der Waals surface area contributed by atoms with Crippen LogP contribution in [-0.4, -0.2) is 39.6 Å². The molecule has 1 atom stereocenters. The Labute approximate surface area is 168 Å². The van der Waals surface area contributed by atoms with Gasteiger partial charge in [-0.15, -0.1) is 10.2 Å². The summed E-state index contributed by atoms with van der Waals surface area (Å²) in [6, 6.07) is 15.8. The number of aryl methyl sites for hydroxylation is 1. The molecule has 0 unspecified atom stereocenters. The molecule has 0 radical (unpaired) electrons. The summed E-state index contributed by atoms with van der Waals surface area (Å²) >= 11 is 1.42. The lowest BCUT2D eigenvalue weighted by molar-refractivity contribution is -0.117. The molecule has 144 valence electrons. The number of benzene rings is 2. The van der Waals surface area contributed by atoms with Gasteiger partial charge in [0, 0.05) is 18.3 Å². The molecule has 7 heteroatoms. The molecule has 28 heavy (non-hydrogen) atoms. The fourth-order valence-electron chi connectivity index (χ4n) is 3.43. The highest BCUT2D eigenvalue weighted by molar-refractivity contribution is 8.00. The van der Waals surface area contributed by atoms with Gasteiger partial charge < -0.3 is 9.64 Å². The van der Waals surface area contributed by atoms with E-state index in [4.69, 9.17) is 4.74 Å². The molecule has 0 spiro atoms. The molecule has 0 aliphatic carbocycles. The molecule has 0 saturated heterocycles. The van der Waals surface area contributed by atoms with E-state index in [-0.39, 0.29) is 11.2 Å². The van der Waals surface area contributed by atoms with Gasteiger partial charge in [-0.05, 0) is 43.5 Å². The lowest BCUT2D eigenvalue weighted by Crippen LogP contribution is -2.40. The standard InChI is InChI=1S/C21H22N4O2S/c1-15(20(26)24-12-6-8-16-7-3-4-11-19(16)24)28-21-23-22-14-25(21)17-9-5-10-18(13-17)27-2/h3-5,7,9-11,13-15H,6,8,12H2,1-2H3/t15-/m0/s1. The van der Waals surface area contributed by atoms with Gasteiger partial charge in [-0.3, -0.25) is 9.36 Å². The number of hydrogen-bond acceptors (Lipinski definition) is 5. The van der Waals surface area contributed by atoms with Gasteiger partial charge in [-0.25, -0.2) is 0 Å². The van der Waals surface area contributed by atoms with Crippen LogP contribution in [-0.2, 0) is 11.2 Å². The first kappa shape index (κ1) is 18.6. The topological polar surface area (TPSA) is 60.2 Å². The zero-order valence-electron chi connectivity index (χ0n) is 15.9. The van der Waals surface area contributed by atoms with Crippen LogP contribution in [0.2, 0.25) is 0 Å². The molecule has 2 aromatic carbocycles. The smallest absolute Gasteiger partial charge is 0.240 e. The number of fused-ring (bicyclic) bond motifs is 1. The maximum atomic E-state index is 13.2. The number of rotatable bonds is 5. The third-order valence-electron chi connectivity index (χ3n) is 4.85. The van der Waals surface area contributed by atoms with Crippen molar-refractivity contribution in [3.63, 3.8) is 0 Å². The fourth-order valence-corrected chi connectivity index (χ4v) is 4.34. The van der Waals surface area contributed by atoms with E-state index in [0.717, 1.165) is 36.5 Å². The Morgan fingerprint density at radius 2 is 2.07 bits per heavy atom. The number of amides is 1. The second kappa shape index (κ2) is 8.06. The van der Waals surface area contributed by atoms with Crippen molar-refractivity contribution in [2.45, 2.75) is 30.2 Å². The number of nitrogens with zero attached hydrogens (tertiary/aromatic N) is 4. The van der Waals surface area contributed by atoms with Gasteiger partial charge in [-0.1, -0.05) is 36.0 Å². The first-order valence-corrected chi connectivity index (χ1v) is 10.2. The molecule has 4 rings (SSSR count). The van der Waals surface area contributed by atoms with Crippen LogP contribution in [0.4, 0.5) is 5.69 Å². The summed E-state index contributed by atoms with van der Waals surface area (Å²) in [5.74, 6) is 0.855. The van der Waals surface area contributed by atoms with Gasteiger partial charge in [0.25, 0.3) is 0 Å². The van der Waals surface area contributed by atoms with Crippen LogP contribution in [0.15, 0.2) is 60.0 Å².